The van der Waals surface area contributed by atoms with Crippen molar-refractivity contribution in [3.05, 3.63) is 72.9 Å². The van der Waals surface area contributed by atoms with Gasteiger partial charge in [0.05, 0.1) is 0 Å². The second-order valence-corrected chi connectivity index (χ2v) is 8.32. The molecule has 0 amide bonds. The van der Waals surface area contributed by atoms with Gasteiger partial charge >= 0.3 is 6.36 Å². The van der Waals surface area contributed by atoms with Gasteiger partial charge in [-0.2, -0.15) is 0 Å². The molecule has 1 nitrogen and oxygen atoms in total. The molecule has 27 heavy (non-hydrogen) atoms. The van der Waals surface area contributed by atoms with Crippen molar-refractivity contribution in [3.63, 3.8) is 0 Å². The number of rotatable bonds is 3. The molecule has 0 aliphatic heterocycles. The summed E-state index contributed by atoms with van der Waals surface area (Å²) in [4.78, 5) is 0. The van der Waals surface area contributed by atoms with Crippen molar-refractivity contribution < 1.29 is 17.9 Å². The first kappa shape index (κ1) is 20.4. The average Bonchev–Trinajstić information content (AvgIpc) is 2.59. The predicted octanol–water partition coefficient (Wildman–Crippen LogP) is 7.75. The summed E-state index contributed by atoms with van der Waals surface area (Å²) >= 11 is 4.61. The van der Waals surface area contributed by atoms with E-state index >= 15 is 0 Å². The van der Waals surface area contributed by atoms with Crippen LogP contribution in [-0.2, 0) is 0 Å². The highest BCUT2D eigenvalue weighted by atomic mass is 127. The molecule has 0 spiro atoms. The number of alkyl halides is 3. The van der Waals surface area contributed by atoms with Gasteiger partial charge in [-0.25, -0.2) is 0 Å². The quantitative estimate of drug-likeness (QED) is 0.282. The summed E-state index contributed by atoms with van der Waals surface area (Å²) in [7, 11) is 0. The second-order valence-electron chi connectivity index (χ2n) is 6.16. The Labute approximate surface area is 183 Å². The van der Waals surface area contributed by atoms with Crippen LogP contribution in [0.15, 0.2) is 54.6 Å². The summed E-state index contributed by atoms with van der Waals surface area (Å²) in [5.74, 6) is -0.220. The lowest BCUT2D eigenvalue weighted by Crippen LogP contribution is -2.16. The topological polar surface area (TPSA) is 9.23 Å². The molecule has 3 aromatic carbocycles. The Hall–Kier alpha value is -1.29. The first-order valence-corrected chi connectivity index (χ1v) is 10.2. The van der Waals surface area contributed by atoms with Crippen LogP contribution >= 0.6 is 45.2 Å². The Kier molecular flexibility index (Phi) is 6.05. The molecular formula is C21H15F3I2O. The number of halogens is 5. The predicted molar refractivity (Wildman–Crippen MR) is 119 cm³/mol. The van der Waals surface area contributed by atoms with Crippen LogP contribution in [0.2, 0.25) is 0 Å². The molecule has 0 radical (unpaired) electrons. The van der Waals surface area contributed by atoms with Crippen molar-refractivity contribution in [3.8, 4) is 28.0 Å². The van der Waals surface area contributed by atoms with Gasteiger partial charge < -0.3 is 4.74 Å². The molecule has 3 aromatic rings. The fourth-order valence-electron chi connectivity index (χ4n) is 2.74. The lowest BCUT2D eigenvalue weighted by molar-refractivity contribution is -0.274. The third-order valence-electron chi connectivity index (χ3n) is 4.30. The van der Waals surface area contributed by atoms with E-state index in [0.717, 1.165) is 29.4 Å². The summed E-state index contributed by atoms with van der Waals surface area (Å²) in [5.41, 5.74) is 6.61. The molecule has 0 saturated carbocycles. The molecule has 0 unspecified atom stereocenters. The van der Waals surface area contributed by atoms with E-state index in [1.165, 1.54) is 23.3 Å². The van der Waals surface area contributed by atoms with Crippen LogP contribution in [0.3, 0.4) is 0 Å². The summed E-state index contributed by atoms with van der Waals surface area (Å²) < 4.78 is 43.1. The minimum Gasteiger partial charge on any atom is -0.406 e. The number of ether oxygens (including phenoxy) is 1. The maximum Gasteiger partial charge on any atom is 0.573 e. The molecule has 140 valence electrons. The molecule has 3 rings (SSSR count). The lowest BCUT2D eigenvalue weighted by atomic mass is 9.98. The first-order chi connectivity index (χ1) is 12.7. The molecule has 6 heteroatoms. The molecule has 0 bridgehead atoms. The monoisotopic (exact) mass is 594 g/mol. The Balaban J connectivity index is 1.96. The van der Waals surface area contributed by atoms with Gasteiger partial charge in [0.2, 0.25) is 0 Å². The molecule has 0 heterocycles. The van der Waals surface area contributed by atoms with Gasteiger partial charge in [0.1, 0.15) is 5.75 Å². The molecule has 0 saturated heterocycles. The zero-order valence-electron chi connectivity index (χ0n) is 14.5. The molecule has 0 aliphatic carbocycles. The zero-order valence-corrected chi connectivity index (χ0v) is 18.8. The summed E-state index contributed by atoms with van der Waals surface area (Å²) in [5, 5.41) is 0. The van der Waals surface area contributed by atoms with Crippen LogP contribution in [0.5, 0.6) is 5.75 Å². The highest BCUT2D eigenvalue weighted by Gasteiger charge is 2.31. The lowest BCUT2D eigenvalue weighted by Gasteiger charge is -2.14. The third kappa shape index (κ3) is 4.77. The number of benzene rings is 3. The van der Waals surface area contributed by atoms with E-state index in [2.05, 4.69) is 88.0 Å². The van der Waals surface area contributed by atoms with Crippen molar-refractivity contribution in [2.24, 2.45) is 0 Å². The zero-order chi connectivity index (χ0) is 19.8. The summed E-state index contributed by atoms with van der Waals surface area (Å²) in [6.45, 7) is 4.18. The summed E-state index contributed by atoms with van der Waals surface area (Å²) in [6.07, 6.45) is -4.68. The molecular weight excluding hydrogens is 579 g/mol. The van der Waals surface area contributed by atoms with Gasteiger partial charge in [0, 0.05) is 7.14 Å². The Bertz CT molecular complexity index is 980. The van der Waals surface area contributed by atoms with Gasteiger partial charge in [-0.3, -0.25) is 0 Å². The van der Waals surface area contributed by atoms with E-state index in [-0.39, 0.29) is 5.75 Å². The normalized spacial score (nSPS) is 11.5. The molecule has 0 atom stereocenters. The Morgan fingerprint density at radius 3 is 1.74 bits per heavy atom. The largest absolute Gasteiger partial charge is 0.573 e. The first-order valence-electron chi connectivity index (χ1n) is 8.07. The van der Waals surface area contributed by atoms with Crippen molar-refractivity contribution in [1.29, 1.82) is 0 Å². The molecule has 0 aliphatic rings. The molecule has 0 N–H and O–H groups in total. The highest BCUT2D eigenvalue weighted by molar-refractivity contribution is 14.1. The van der Waals surface area contributed by atoms with Crippen LogP contribution < -0.4 is 4.74 Å². The highest BCUT2D eigenvalue weighted by Crippen LogP contribution is 2.36. The van der Waals surface area contributed by atoms with E-state index in [9.17, 15) is 13.2 Å². The van der Waals surface area contributed by atoms with Crippen molar-refractivity contribution in [2.75, 3.05) is 0 Å². The number of hydrogen-bond acceptors (Lipinski definition) is 1. The molecule has 0 aromatic heterocycles. The van der Waals surface area contributed by atoms with Gasteiger partial charge in [0.15, 0.2) is 0 Å². The van der Waals surface area contributed by atoms with Crippen molar-refractivity contribution in [1.82, 2.24) is 0 Å². The van der Waals surface area contributed by atoms with E-state index in [1.807, 2.05) is 6.07 Å². The maximum absolute atomic E-state index is 12.3. The average molecular weight is 594 g/mol. The van der Waals surface area contributed by atoms with Crippen LogP contribution in [0.4, 0.5) is 13.2 Å². The Morgan fingerprint density at radius 2 is 1.22 bits per heavy atom. The number of hydrogen-bond donors (Lipinski definition) is 0. The van der Waals surface area contributed by atoms with Gasteiger partial charge in [0.25, 0.3) is 0 Å². The SMILES string of the molecule is Cc1ccc(-c2ccc(-c3ccc(OC(F)(F)F)cc3)c(I)c2I)cc1C. The fraction of sp³-hybridized carbons (Fsp3) is 0.143. The van der Waals surface area contributed by atoms with Crippen molar-refractivity contribution in [2.45, 2.75) is 20.2 Å². The minimum atomic E-state index is -4.68. The second kappa shape index (κ2) is 7.98. The van der Waals surface area contributed by atoms with Gasteiger partial charge in [-0.05, 0) is 105 Å². The summed E-state index contributed by atoms with van der Waals surface area (Å²) in [6, 6.07) is 16.4. The fourth-order valence-corrected chi connectivity index (χ4v) is 4.30. The van der Waals surface area contributed by atoms with E-state index in [0.29, 0.717) is 0 Å². The van der Waals surface area contributed by atoms with Gasteiger partial charge in [-0.1, -0.05) is 42.5 Å². The Morgan fingerprint density at radius 1 is 0.704 bits per heavy atom. The molecule has 0 fully saturated rings. The van der Waals surface area contributed by atoms with Crippen LogP contribution in [-0.4, -0.2) is 6.36 Å². The maximum atomic E-state index is 12.3. The van der Waals surface area contributed by atoms with Crippen LogP contribution in [0.25, 0.3) is 22.3 Å². The standard InChI is InChI=1S/C21H15F3I2O/c1-12-3-4-15(11-13(12)2)18-10-9-17(19(25)20(18)26)14-5-7-16(8-6-14)27-21(22,23)24/h3-11H,1-2H3. The van der Waals surface area contributed by atoms with E-state index < -0.39 is 6.36 Å². The minimum absolute atomic E-state index is 0.220. The van der Waals surface area contributed by atoms with Gasteiger partial charge in [-0.15, -0.1) is 13.2 Å². The smallest absolute Gasteiger partial charge is 0.406 e. The van der Waals surface area contributed by atoms with E-state index in [4.69, 9.17) is 0 Å². The van der Waals surface area contributed by atoms with Crippen molar-refractivity contribution >= 4 is 45.2 Å². The van der Waals surface area contributed by atoms with E-state index in [1.54, 1.807) is 12.1 Å². The van der Waals surface area contributed by atoms with Crippen LogP contribution in [0.1, 0.15) is 11.1 Å². The number of aryl methyl sites for hydroxylation is 2. The third-order valence-corrected chi connectivity index (χ3v) is 7.57. The van der Waals surface area contributed by atoms with Crippen LogP contribution in [0, 0.1) is 21.0 Å².